The summed E-state index contributed by atoms with van der Waals surface area (Å²) in [6.07, 6.45) is 2.13. The summed E-state index contributed by atoms with van der Waals surface area (Å²) < 4.78 is 40.8. The van der Waals surface area contributed by atoms with Crippen LogP contribution in [0.3, 0.4) is 0 Å². The standard InChI is InChI=1S/C21H22FN3O3S/c1-3-15-8-10-16(11-9-15)14(2)24-21(26)20-12-17(13-23-20)29(27,28)25-19-7-5-4-6-18(19)22/h4-14,23,25H,3H2,1-2H3,(H,24,26)/t14-/m0/s1. The molecule has 152 valence electrons. The number of aromatic nitrogens is 1. The first-order valence-electron chi connectivity index (χ1n) is 9.15. The Hall–Kier alpha value is -3.13. The first-order valence-corrected chi connectivity index (χ1v) is 10.6. The molecule has 1 heterocycles. The number of hydrogen-bond donors (Lipinski definition) is 3. The Bertz CT molecular complexity index is 1110. The topological polar surface area (TPSA) is 91.1 Å². The second-order valence-electron chi connectivity index (χ2n) is 6.62. The van der Waals surface area contributed by atoms with Gasteiger partial charge in [-0.15, -0.1) is 0 Å². The van der Waals surface area contributed by atoms with E-state index < -0.39 is 21.7 Å². The lowest BCUT2D eigenvalue weighted by atomic mass is 10.0. The number of para-hydroxylation sites is 1. The lowest BCUT2D eigenvalue weighted by Crippen LogP contribution is -2.26. The van der Waals surface area contributed by atoms with E-state index in [0.29, 0.717) is 0 Å². The normalized spacial score (nSPS) is 12.4. The number of H-pyrrole nitrogens is 1. The van der Waals surface area contributed by atoms with Crippen molar-refractivity contribution in [1.29, 1.82) is 0 Å². The van der Waals surface area contributed by atoms with Gasteiger partial charge >= 0.3 is 0 Å². The number of amides is 1. The summed E-state index contributed by atoms with van der Waals surface area (Å²) in [5.74, 6) is -1.13. The van der Waals surface area contributed by atoms with Crippen LogP contribution in [0.1, 0.15) is 41.5 Å². The number of sulfonamides is 1. The van der Waals surface area contributed by atoms with E-state index >= 15 is 0 Å². The van der Waals surface area contributed by atoms with Gasteiger partial charge in [0.2, 0.25) is 0 Å². The molecule has 0 spiro atoms. The van der Waals surface area contributed by atoms with Gasteiger partial charge in [-0.1, -0.05) is 43.3 Å². The number of carbonyl (C=O) groups is 1. The molecular weight excluding hydrogens is 393 g/mol. The van der Waals surface area contributed by atoms with Gasteiger partial charge in [0.25, 0.3) is 15.9 Å². The summed E-state index contributed by atoms with van der Waals surface area (Å²) in [7, 11) is -4.04. The van der Waals surface area contributed by atoms with Crippen LogP contribution >= 0.6 is 0 Å². The van der Waals surface area contributed by atoms with Gasteiger partial charge in [-0.05, 0) is 42.7 Å². The molecule has 1 atom stereocenters. The van der Waals surface area contributed by atoms with Crippen LogP contribution in [-0.2, 0) is 16.4 Å². The fraction of sp³-hybridized carbons (Fsp3) is 0.190. The predicted molar refractivity (Wildman–Crippen MR) is 110 cm³/mol. The van der Waals surface area contributed by atoms with Crippen molar-refractivity contribution in [3.8, 4) is 0 Å². The third kappa shape index (κ3) is 4.83. The molecule has 0 radical (unpaired) electrons. The van der Waals surface area contributed by atoms with Crippen LogP contribution in [0.2, 0.25) is 0 Å². The summed E-state index contributed by atoms with van der Waals surface area (Å²) >= 11 is 0. The molecule has 8 heteroatoms. The van der Waals surface area contributed by atoms with Crippen LogP contribution < -0.4 is 10.0 Å². The molecule has 0 bridgehead atoms. The lowest BCUT2D eigenvalue weighted by Gasteiger charge is -2.14. The molecule has 6 nitrogen and oxygen atoms in total. The number of aromatic amines is 1. The van der Waals surface area contributed by atoms with Gasteiger partial charge in [0.05, 0.1) is 11.7 Å². The molecule has 0 saturated carbocycles. The van der Waals surface area contributed by atoms with E-state index in [1.807, 2.05) is 31.2 Å². The number of rotatable bonds is 7. The molecule has 3 aromatic rings. The SMILES string of the molecule is CCc1ccc([C@H](C)NC(=O)c2cc(S(=O)(=O)Nc3ccccc3F)c[nH]2)cc1. The number of benzene rings is 2. The second-order valence-corrected chi connectivity index (χ2v) is 8.31. The van der Waals surface area contributed by atoms with Gasteiger partial charge in [-0.2, -0.15) is 0 Å². The van der Waals surface area contributed by atoms with Crippen LogP contribution in [0.5, 0.6) is 0 Å². The van der Waals surface area contributed by atoms with Gasteiger partial charge in [0, 0.05) is 6.20 Å². The van der Waals surface area contributed by atoms with Crippen LogP contribution in [0, 0.1) is 5.82 Å². The molecule has 29 heavy (non-hydrogen) atoms. The Morgan fingerprint density at radius 3 is 2.48 bits per heavy atom. The third-order valence-corrected chi connectivity index (χ3v) is 5.91. The summed E-state index contributed by atoms with van der Waals surface area (Å²) in [4.78, 5) is 15.0. The van der Waals surface area contributed by atoms with Crippen molar-refractivity contribution < 1.29 is 17.6 Å². The minimum atomic E-state index is -4.04. The highest BCUT2D eigenvalue weighted by molar-refractivity contribution is 7.92. The molecule has 0 saturated heterocycles. The quantitative estimate of drug-likeness (QED) is 0.545. The fourth-order valence-corrected chi connectivity index (χ4v) is 3.87. The van der Waals surface area contributed by atoms with Crippen molar-refractivity contribution in [3.05, 3.63) is 83.4 Å². The van der Waals surface area contributed by atoms with E-state index in [9.17, 15) is 17.6 Å². The highest BCUT2D eigenvalue weighted by atomic mass is 32.2. The Kier molecular flexibility index (Phi) is 6.03. The van der Waals surface area contributed by atoms with Gasteiger partial charge in [0.15, 0.2) is 0 Å². The Morgan fingerprint density at radius 2 is 1.83 bits per heavy atom. The zero-order valence-corrected chi connectivity index (χ0v) is 16.9. The van der Waals surface area contributed by atoms with Crippen molar-refractivity contribution in [3.63, 3.8) is 0 Å². The lowest BCUT2D eigenvalue weighted by molar-refractivity contribution is 0.0935. The van der Waals surface area contributed by atoms with Crippen molar-refractivity contribution in [2.45, 2.75) is 31.2 Å². The number of carbonyl (C=O) groups excluding carboxylic acids is 1. The number of halogens is 1. The highest BCUT2D eigenvalue weighted by Crippen LogP contribution is 2.20. The van der Waals surface area contributed by atoms with Crippen LogP contribution in [0.4, 0.5) is 10.1 Å². The van der Waals surface area contributed by atoms with Crippen molar-refractivity contribution in [1.82, 2.24) is 10.3 Å². The molecule has 3 rings (SSSR count). The molecule has 0 aliphatic carbocycles. The smallest absolute Gasteiger partial charge is 0.268 e. The Morgan fingerprint density at radius 1 is 1.14 bits per heavy atom. The van der Waals surface area contributed by atoms with Gasteiger partial charge < -0.3 is 10.3 Å². The van der Waals surface area contributed by atoms with E-state index in [1.165, 1.54) is 36.0 Å². The average molecular weight is 415 g/mol. The number of aryl methyl sites for hydroxylation is 1. The maximum absolute atomic E-state index is 13.7. The maximum atomic E-state index is 13.7. The summed E-state index contributed by atoms with van der Waals surface area (Å²) in [6, 6.07) is 14.3. The summed E-state index contributed by atoms with van der Waals surface area (Å²) in [5, 5.41) is 2.83. The summed E-state index contributed by atoms with van der Waals surface area (Å²) in [6.45, 7) is 3.91. The maximum Gasteiger partial charge on any atom is 0.268 e. The van der Waals surface area contributed by atoms with Gasteiger partial charge in [-0.25, -0.2) is 12.8 Å². The van der Waals surface area contributed by atoms with Crippen LogP contribution in [0.25, 0.3) is 0 Å². The van der Waals surface area contributed by atoms with Crippen LogP contribution in [-0.4, -0.2) is 19.3 Å². The predicted octanol–water partition coefficient (Wildman–Crippen LogP) is 4.01. The highest BCUT2D eigenvalue weighted by Gasteiger charge is 2.20. The summed E-state index contributed by atoms with van der Waals surface area (Å²) in [5.41, 5.74) is 2.07. The monoisotopic (exact) mass is 415 g/mol. The fourth-order valence-electron chi connectivity index (χ4n) is 2.81. The molecule has 2 aromatic carbocycles. The van der Waals surface area contributed by atoms with Crippen molar-refractivity contribution in [2.75, 3.05) is 4.72 Å². The van der Waals surface area contributed by atoms with Gasteiger partial charge in [-0.3, -0.25) is 9.52 Å². The molecule has 0 aliphatic heterocycles. The third-order valence-electron chi connectivity index (χ3n) is 4.57. The molecule has 1 amide bonds. The molecule has 3 N–H and O–H groups in total. The number of hydrogen-bond acceptors (Lipinski definition) is 3. The van der Waals surface area contributed by atoms with E-state index in [1.54, 1.807) is 0 Å². The molecule has 1 aromatic heterocycles. The van der Waals surface area contributed by atoms with Crippen molar-refractivity contribution in [2.24, 2.45) is 0 Å². The van der Waals surface area contributed by atoms with Gasteiger partial charge in [0.1, 0.15) is 16.4 Å². The second kappa shape index (κ2) is 8.48. The van der Waals surface area contributed by atoms with E-state index in [4.69, 9.17) is 0 Å². The first kappa shape index (κ1) is 20.6. The zero-order valence-electron chi connectivity index (χ0n) is 16.1. The van der Waals surface area contributed by atoms with E-state index in [0.717, 1.165) is 18.1 Å². The molecular formula is C21H22FN3O3S. The minimum absolute atomic E-state index is 0.0935. The minimum Gasteiger partial charge on any atom is -0.356 e. The molecule has 0 fully saturated rings. The Labute approximate surface area is 169 Å². The van der Waals surface area contributed by atoms with E-state index in [2.05, 4.69) is 21.9 Å². The number of nitrogens with one attached hydrogen (secondary N) is 3. The first-order chi connectivity index (χ1) is 13.8. The van der Waals surface area contributed by atoms with Crippen LogP contribution in [0.15, 0.2) is 65.7 Å². The largest absolute Gasteiger partial charge is 0.356 e. The molecule has 0 unspecified atom stereocenters. The molecule has 0 aliphatic rings. The average Bonchev–Trinajstić information content (AvgIpc) is 3.21. The zero-order chi connectivity index (χ0) is 21.0. The van der Waals surface area contributed by atoms with E-state index in [-0.39, 0.29) is 22.3 Å². The van der Waals surface area contributed by atoms with Crippen molar-refractivity contribution >= 4 is 21.6 Å². The Balaban J connectivity index is 1.71. The number of anilines is 1.